The zero-order chi connectivity index (χ0) is 104. The molecule has 143 heavy (non-hydrogen) atoms. The first kappa shape index (κ1) is 110. The Morgan fingerprint density at radius 3 is 1.52 bits per heavy atom. The largest absolute Gasteiger partial charge is 0.495 e. The first-order valence-electron chi connectivity index (χ1n) is 46.6. The van der Waals surface area contributed by atoms with E-state index in [0.717, 1.165) is 34.3 Å². The highest BCUT2D eigenvalue weighted by Gasteiger charge is 2.69. The fourth-order valence-corrected chi connectivity index (χ4v) is 27.5. The van der Waals surface area contributed by atoms with Crippen LogP contribution in [0.25, 0.3) is 44.6 Å². The molecule has 4 aromatic heterocycles. The molecular formula is C98H117BrCl2F4N12O21P2S3. The maximum Gasteiger partial charge on any atom is 0.408 e. The number of aromatic nitrogens is 4. The molecule has 12 atom stereocenters. The molecule has 5 aromatic carbocycles. The van der Waals surface area contributed by atoms with Gasteiger partial charge in [-0.1, -0.05) is 75.6 Å². The number of amides is 6. The molecule has 772 valence electrons. The van der Waals surface area contributed by atoms with Gasteiger partial charge in [0.1, 0.15) is 108 Å². The molecule has 0 bridgehead atoms. The normalized spacial score (nSPS) is 23.1. The number of anilines is 2. The Kier molecular flexibility index (Phi) is 36.0. The lowest BCUT2D eigenvalue weighted by Crippen LogP contribution is -2.55. The number of hydrogen-bond donors (Lipinski definition) is 7. The Labute approximate surface area is 852 Å². The van der Waals surface area contributed by atoms with Gasteiger partial charge in [0.2, 0.25) is 38.4 Å². The van der Waals surface area contributed by atoms with E-state index in [4.69, 9.17) is 79.6 Å². The predicted octanol–water partition coefficient (Wildman–Crippen LogP) is 19.2. The number of carbonyl (C=O) groups excluding carboxylic acids is 6. The van der Waals surface area contributed by atoms with Gasteiger partial charge in [-0.2, -0.15) is 8.42 Å². The first-order chi connectivity index (χ1) is 67.7. The summed E-state index contributed by atoms with van der Waals surface area (Å²) in [6.07, 6.45) is 2.21. The predicted molar refractivity (Wildman–Crippen MR) is 541 cm³/mol. The van der Waals surface area contributed by atoms with Gasteiger partial charge in [0.05, 0.1) is 98.6 Å². The van der Waals surface area contributed by atoms with Crippen molar-refractivity contribution in [3.8, 4) is 40.0 Å². The standard InChI is InChI=1S/C46H56ClF2N6O9PS.C36H45BrF2N3O10PS.C16H16ClN3O2S/c1-8-62-65(59,24-30-31(48)12-11-13-32(30)49)46-22-27(46)17-19-61-18-10-9-14-33(53-44(58)64-45(4,5)6)42(57)55-23-28(20-36(55)41(56)54-46)63-38-21-34(35-25-66-43(52-35)50-26(2)3)51-40-29(38)15-16-37(60-7)39(40)47;1-5-50-53(46,22-27-28(38)9-8-10-29(27)39)36-20-23(36)16-18-49-17-7-6-11-30(40-34(45)51-35(2,3)4)33(44)42-21-25(19-31(42)32(43)41-36)52-54(47,48)26-14-12-24(37)13-15-26;1-8(2)18-16-20-11(7-23-16)10-6-12(21)9-4-5-13(22-3)14(17)15(9)19-10/h9-13,15-16,21,25-28,33,36H,8,14,17-20,22-24H2,1-7H3,(H,50,52)(H,53,58)(H,54,56);6-10,12-15,23,25,30-31H,5,11,16-22H2,1-4H3,(H,40,45)(H,41,43);4-8H,1-3H3,(H,18,20)(H,19,21)/b10-9+;7-6+;/t27-,28-,33?,36+,46+,65?;23-,25+,30+,31+,36+,53?;/m11./s1. The second-order valence-corrected chi connectivity index (χ2v) is 48.0. The molecule has 9 aromatic rings. The third-order valence-corrected chi connectivity index (χ3v) is 35.0. The summed E-state index contributed by atoms with van der Waals surface area (Å²) in [6, 6.07) is 17.8. The molecule has 4 fully saturated rings. The average Bonchev–Trinajstić information content (AvgIpc) is 1.55. The SMILES string of the molecule is CCOP(=O)(Cc1c(F)cccc1F)[C@@]12C[C@H]1CCOC/C=C/CC(NC(=O)OC(C)(C)C)C(=O)N1C[C@H](Oc3cc(-c4csc(NC(C)C)n4)nc4c(Cl)c(OC)ccc34)C[C@H]1C(=O)N2.CCOP(=O)(Cc1c(F)cccc1F)[C@@]12C[C@H]1CCOC/C=C/C[C@H](NC(=O)OC(C)(C)C)C(=O)N1C[C@@H](OS(=O)(=O)c3ccc(Br)cc3)C[C@H]1C(=O)N2.COc1ccc2c(=O)cc(-c3csc(NC(C)C)n3)[nH]c2c1Cl. The number of fused-ring (bicyclic) bond motifs is 6. The molecule has 2 saturated heterocycles. The van der Waals surface area contributed by atoms with Crippen molar-refractivity contribution in [3.63, 3.8) is 0 Å². The average molecular weight is 2180 g/mol. The molecule has 0 radical (unpaired) electrons. The highest BCUT2D eigenvalue weighted by Crippen LogP contribution is 2.76. The van der Waals surface area contributed by atoms with E-state index in [1.165, 1.54) is 71.1 Å². The van der Waals surface area contributed by atoms with Crippen LogP contribution in [0.15, 0.2) is 146 Å². The summed E-state index contributed by atoms with van der Waals surface area (Å²) in [7, 11) is -9.67. The highest BCUT2D eigenvalue weighted by atomic mass is 79.9. The van der Waals surface area contributed by atoms with Gasteiger partial charge < -0.3 is 88.9 Å². The number of hydrogen-bond acceptors (Lipinski definition) is 28. The summed E-state index contributed by atoms with van der Waals surface area (Å²) in [5.74, 6) is -6.22. The number of ether oxygens (including phenoxy) is 7. The fraction of sp³-hybridized carbons (Fsp3) is 0.469. The number of halogens is 7. The molecule has 0 spiro atoms. The lowest BCUT2D eigenvalue weighted by molar-refractivity contribution is -0.140. The Bertz CT molecular complexity index is 6500. The maximum absolute atomic E-state index is 15.3. The number of thiazole rings is 2. The summed E-state index contributed by atoms with van der Waals surface area (Å²) in [5, 5.41) is 21.5. The Hall–Kier alpha value is -10.1. The number of nitrogens with one attached hydrogen (secondary N) is 7. The topological polar surface area (TPSA) is 413 Å². The second kappa shape index (κ2) is 46.7. The number of benzene rings is 5. The van der Waals surface area contributed by atoms with Gasteiger partial charge in [-0.3, -0.25) is 37.3 Å². The first-order valence-corrected chi connectivity index (χ1v) is 55.0. The summed E-state index contributed by atoms with van der Waals surface area (Å²) >= 11 is 19.4. The van der Waals surface area contributed by atoms with Crippen LogP contribution < -0.4 is 51.5 Å². The van der Waals surface area contributed by atoms with Crippen molar-refractivity contribution >= 4 is 155 Å². The van der Waals surface area contributed by atoms with Crippen LogP contribution in [0.4, 0.5) is 37.4 Å². The van der Waals surface area contributed by atoms with E-state index >= 15 is 18.1 Å². The van der Waals surface area contributed by atoms with E-state index in [0.29, 0.717) is 95.3 Å². The Morgan fingerprint density at radius 2 is 1.06 bits per heavy atom. The summed E-state index contributed by atoms with van der Waals surface area (Å²) < 4.78 is 175. The second-order valence-electron chi connectivity index (χ2n) is 37.6. The molecule has 8 heterocycles. The fourth-order valence-electron chi connectivity index (χ4n) is 17.4. The molecule has 6 aliphatic rings. The molecule has 2 aliphatic carbocycles. The van der Waals surface area contributed by atoms with Crippen molar-refractivity contribution in [2.75, 3.05) is 77.6 Å². The monoisotopic (exact) mass is 2180 g/mol. The molecule has 6 amide bonds. The van der Waals surface area contributed by atoms with Gasteiger partial charge in [-0.15, -0.1) is 22.7 Å². The van der Waals surface area contributed by atoms with Crippen molar-refractivity contribution in [1.82, 2.24) is 51.0 Å². The number of H-pyrrole nitrogens is 1. The number of carbonyl (C=O) groups is 6. The zero-order valence-corrected chi connectivity index (χ0v) is 88.6. The van der Waals surface area contributed by atoms with Crippen LogP contribution in [0.3, 0.4) is 0 Å². The molecule has 3 unspecified atom stereocenters. The highest BCUT2D eigenvalue weighted by molar-refractivity contribution is 9.10. The van der Waals surface area contributed by atoms with Crippen molar-refractivity contribution in [3.05, 3.63) is 191 Å². The molecular weight excluding hydrogens is 2070 g/mol. The molecule has 45 heteroatoms. The quantitative estimate of drug-likeness (QED) is 0.0121. The van der Waals surface area contributed by atoms with E-state index in [1.54, 1.807) is 123 Å². The number of aromatic amines is 1. The molecule has 2 saturated carbocycles. The third kappa shape index (κ3) is 26.7. The van der Waals surface area contributed by atoms with E-state index in [9.17, 15) is 50.5 Å². The zero-order valence-electron chi connectivity index (χ0n) is 81.3. The Balaban J connectivity index is 0.000000199. The van der Waals surface area contributed by atoms with Crippen LogP contribution in [-0.2, 0) is 82.9 Å². The number of rotatable bonds is 25. The minimum atomic E-state index is -4.38. The maximum atomic E-state index is 15.3. The number of pyridine rings is 2. The number of methoxy groups -OCH3 is 2. The van der Waals surface area contributed by atoms with Crippen LogP contribution >= 0.6 is 76.5 Å². The van der Waals surface area contributed by atoms with Crippen molar-refractivity contribution in [2.24, 2.45) is 11.8 Å². The van der Waals surface area contributed by atoms with Gasteiger partial charge in [-0.05, 0) is 206 Å². The van der Waals surface area contributed by atoms with Crippen molar-refractivity contribution in [1.29, 1.82) is 0 Å². The summed E-state index contributed by atoms with van der Waals surface area (Å²) in [5.41, 5.74) is 0.484. The van der Waals surface area contributed by atoms with Gasteiger partial charge in [0.25, 0.3) is 10.1 Å². The summed E-state index contributed by atoms with van der Waals surface area (Å²) in [4.78, 5) is 117. The van der Waals surface area contributed by atoms with Gasteiger partial charge in [0, 0.05) is 93.9 Å². The minimum absolute atomic E-state index is 0.0259. The van der Waals surface area contributed by atoms with Gasteiger partial charge in [-0.25, -0.2) is 42.1 Å². The van der Waals surface area contributed by atoms with E-state index in [2.05, 4.69) is 57.8 Å². The molecule has 15 rings (SSSR count). The lowest BCUT2D eigenvalue weighted by atomic mass is 10.1. The van der Waals surface area contributed by atoms with Crippen molar-refractivity contribution in [2.45, 2.75) is 222 Å². The lowest BCUT2D eigenvalue weighted by Gasteiger charge is -2.33. The Morgan fingerprint density at radius 1 is 0.601 bits per heavy atom. The molecule has 4 aliphatic heterocycles. The third-order valence-electron chi connectivity index (χ3n) is 24.2. The van der Waals surface area contributed by atoms with E-state index in [1.807, 2.05) is 38.5 Å². The number of alkyl carbamates (subject to hydrolysis) is 2. The molecule has 33 nitrogen and oxygen atoms in total. The minimum Gasteiger partial charge on any atom is -0.495 e. The van der Waals surface area contributed by atoms with E-state index in [-0.39, 0.29) is 113 Å². The molecule has 7 N–H and O–H groups in total. The smallest absolute Gasteiger partial charge is 0.408 e. The van der Waals surface area contributed by atoms with Crippen LogP contribution in [0.5, 0.6) is 17.2 Å². The van der Waals surface area contributed by atoms with Gasteiger partial charge >= 0.3 is 12.2 Å². The van der Waals surface area contributed by atoms with Gasteiger partial charge in [0.15, 0.2) is 15.7 Å². The van der Waals surface area contributed by atoms with Crippen LogP contribution in [0, 0.1) is 35.1 Å². The number of nitrogens with zero attached hydrogens (tertiary/aromatic N) is 5. The van der Waals surface area contributed by atoms with E-state index < -0.39 is 177 Å². The van der Waals surface area contributed by atoms with Crippen LogP contribution in [-0.4, -0.2) is 211 Å². The summed E-state index contributed by atoms with van der Waals surface area (Å²) in [6.45, 7) is 21.3. The van der Waals surface area contributed by atoms with Crippen LogP contribution in [0.2, 0.25) is 10.0 Å². The van der Waals surface area contributed by atoms with Crippen molar-refractivity contribution < 1.29 is 110 Å². The van der Waals surface area contributed by atoms with Crippen LogP contribution in [0.1, 0.15) is 146 Å².